The van der Waals surface area contributed by atoms with Crippen LogP contribution < -0.4 is 0 Å². The topological polar surface area (TPSA) is 78.9 Å². The molecule has 0 aliphatic carbocycles. The van der Waals surface area contributed by atoms with Crippen LogP contribution in [0.25, 0.3) is 0 Å². The number of unbranched alkanes of at least 4 members (excludes halogenated alkanes) is 40. The molecule has 398 valence electrons. The minimum Gasteiger partial charge on any atom is -0.462 e. The van der Waals surface area contributed by atoms with Crippen LogP contribution >= 0.6 is 0 Å². The molecule has 6 heteroatoms. The van der Waals surface area contributed by atoms with Gasteiger partial charge in [-0.05, 0) is 31.1 Å². The first-order valence-electron chi connectivity index (χ1n) is 30.2. The van der Waals surface area contributed by atoms with E-state index in [9.17, 15) is 14.4 Å². The molecule has 0 aromatic heterocycles. The third kappa shape index (κ3) is 55.2. The summed E-state index contributed by atoms with van der Waals surface area (Å²) in [6.07, 6.45) is 58.1. The second kappa shape index (κ2) is 53.8. The van der Waals surface area contributed by atoms with Gasteiger partial charge in [-0.25, -0.2) is 0 Å². The van der Waals surface area contributed by atoms with Crippen LogP contribution in [0.15, 0.2) is 0 Å². The molecule has 0 aliphatic rings. The summed E-state index contributed by atoms with van der Waals surface area (Å²) in [5, 5.41) is 0. The predicted molar refractivity (Wildman–Crippen MR) is 289 cm³/mol. The van der Waals surface area contributed by atoms with Crippen molar-refractivity contribution >= 4 is 17.9 Å². The Morgan fingerprint density at radius 1 is 0.284 bits per heavy atom. The van der Waals surface area contributed by atoms with Crippen LogP contribution in [0.3, 0.4) is 0 Å². The molecule has 0 bridgehead atoms. The lowest BCUT2D eigenvalue weighted by Gasteiger charge is -2.18. The van der Waals surface area contributed by atoms with E-state index in [1.54, 1.807) is 0 Å². The second-order valence-corrected chi connectivity index (χ2v) is 21.9. The summed E-state index contributed by atoms with van der Waals surface area (Å²) in [4.78, 5) is 38.2. The van der Waals surface area contributed by atoms with Gasteiger partial charge in [0.15, 0.2) is 6.10 Å². The van der Waals surface area contributed by atoms with Crippen molar-refractivity contribution in [2.24, 2.45) is 11.8 Å². The van der Waals surface area contributed by atoms with E-state index in [-0.39, 0.29) is 31.1 Å². The number of hydrogen-bond donors (Lipinski definition) is 0. The number of esters is 3. The highest BCUT2D eigenvalue weighted by molar-refractivity contribution is 5.71. The van der Waals surface area contributed by atoms with E-state index in [1.165, 1.54) is 231 Å². The minimum atomic E-state index is -0.763. The molecule has 0 aromatic carbocycles. The Balaban J connectivity index is 4.29. The van der Waals surface area contributed by atoms with Crippen molar-refractivity contribution < 1.29 is 28.6 Å². The van der Waals surface area contributed by atoms with Crippen LogP contribution in [0, 0.1) is 11.8 Å². The molecule has 0 saturated carbocycles. The Bertz CT molecular complexity index is 1020. The average Bonchev–Trinajstić information content (AvgIpc) is 3.30. The van der Waals surface area contributed by atoms with Gasteiger partial charge in [0.2, 0.25) is 0 Å². The van der Waals surface area contributed by atoms with Crippen molar-refractivity contribution in [1.82, 2.24) is 0 Å². The quantitative estimate of drug-likeness (QED) is 0.0343. The van der Waals surface area contributed by atoms with Crippen molar-refractivity contribution in [3.05, 3.63) is 0 Å². The molecule has 67 heavy (non-hydrogen) atoms. The van der Waals surface area contributed by atoms with Gasteiger partial charge in [-0.2, -0.15) is 0 Å². The standard InChI is InChI=1S/C61H118O6/c1-6-7-8-9-10-11-12-13-21-26-31-36-41-46-51-59(62)65-54-58(55-66-60(63)52-47-42-37-32-27-22-18-17-20-25-30-35-40-45-50-57(4)5)67-61(64)53-48-43-38-33-28-23-16-14-15-19-24-29-34-39-44-49-56(2)3/h56-58H,6-55H2,1-5H3/t58-/m1/s1. The normalized spacial score (nSPS) is 12.0. The zero-order chi connectivity index (χ0) is 48.9. The van der Waals surface area contributed by atoms with Crippen LogP contribution in [0.5, 0.6) is 0 Å². The fraction of sp³-hybridized carbons (Fsp3) is 0.951. The lowest BCUT2D eigenvalue weighted by Crippen LogP contribution is -2.30. The van der Waals surface area contributed by atoms with E-state index in [0.29, 0.717) is 19.3 Å². The highest BCUT2D eigenvalue weighted by Gasteiger charge is 2.19. The third-order valence-electron chi connectivity index (χ3n) is 14.0. The van der Waals surface area contributed by atoms with Crippen LogP contribution in [0.2, 0.25) is 0 Å². The Morgan fingerprint density at radius 3 is 0.731 bits per heavy atom. The minimum absolute atomic E-state index is 0.0622. The van der Waals surface area contributed by atoms with E-state index in [2.05, 4.69) is 34.6 Å². The predicted octanol–water partition coefficient (Wildman–Crippen LogP) is 20.0. The average molecular weight is 948 g/mol. The summed E-state index contributed by atoms with van der Waals surface area (Å²) < 4.78 is 16.9. The molecular formula is C61H118O6. The SMILES string of the molecule is CCCCCCCCCCCCCCCCC(=O)OC[C@H](COC(=O)CCCCCCCCCCCCCCCCC(C)C)OC(=O)CCCCCCCCCCCCCCCCCC(C)C. The molecule has 0 saturated heterocycles. The first-order chi connectivity index (χ1) is 32.7. The molecular weight excluding hydrogens is 829 g/mol. The molecule has 0 radical (unpaired) electrons. The van der Waals surface area contributed by atoms with E-state index in [4.69, 9.17) is 14.2 Å². The molecule has 0 fully saturated rings. The number of carbonyl (C=O) groups is 3. The van der Waals surface area contributed by atoms with Gasteiger partial charge in [-0.15, -0.1) is 0 Å². The van der Waals surface area contributed by atoms with Crippen molar-refractivity contribution in [1.29, 1.82) is 0 Å². The third-order valence-corrected chi connectivity index (χ3v) is 14.0. The molecule has 0 spiro atoms. The maximum Gasteiger partial charge on any atom is 0.306 e. The van der Waals surface area contributed by atoms with Crippen molar-refractivity contribution in [2.75, 3.05) is 13.2 Å². The van der Waals surface area contributed by atoms with Crippen molar-refractivity contribution in [2.45, 2.75) is 349 Å². The maximum atomic E-state index is 12.9. The van der Waals surface area contributed by atoms with Gasteiger partial charge >= 0.3 is 17.9 Å². The van der Waals surface area contributed by atoms with Crippen molar-refractivity contribution in [3.63, 3.8) is 0 Å². The molecule has 0 aliphatic heterocycles. The summed E-state index contributed by atoms with van der Waals surface area (Å²) in [6, 6.07) is 0. The van der Waals surface area contributed by atoms with Crippen LogP contribution in [0.4, 0.5) is 0 Å². The first kappa shape index (κ1) is 65.4. The monoisotopic (exact) mass is 947 g/mol. The lowest BCUT2D eigenvalue weighted by molar-refractivity contribution is -0.167. The highest BCUT2D eigenvalue weighted by atomic mass is 16.6. The Morgan fingerprint density at radius 2 is 0.493 bits per heavy atom. The lowest BCUT2D eigenvalue weighted by atomic mass is 10.0. The summed E-state index contributed by atoms with van der Waals surface area (Å²) >= 11 is 0. The molecule has 0 amide bonds. The first-order valence-corrected chi connectivity index (χ1v) is 30.2. The Kier molecular flexibility index (Phi) is 52.5. The largest absolute Gasteiger partial charge is 0.462 e. The van der Waals surface area contributed by atoms with Gasteiger partial charge in [0.1, 0.15) is 13.2 Å². The smallest absolute Gasteiger partial charge is 0.306 e. The van der Waals surface area contributed by atoms with Gasteiger partial charge in [-0.1, -0.05) is 304 Å². The zero-order valence-corrected chi connectivity index (χ0v) is 46.0. The van der Waals surface area contributed by atoms with E-state index < -0.39 is 6.10 Å². The number of hydrogen-bond acceptors (Lipinski definition) is 6. The zero-order valence-electron chi connectivity index (χ0n) is 46.0. The van der Waals surface area contributed by atoms with Gasteiger partial charge in [0, 0.05) is 19.3 Å². The molecule has 0 rings (SSSR count). The van der Waals surface area contributed by atoms with Gasteiger partial charge in [0.05, 0.1) is 0 Å². The fourth-order valence-electron chi connectivity index (χ4n) is 9.40. The van der Waals surface area contributed by atoms with Crippen LogP contribution in [0.1, 0.15) is 343 Å². The summed E-state index contributed by atoms with van der Waals surface area (Å²) in [6.45, 7) is 11.4. The molecule has 0 heterocycles. The summed E-state index contributed by atoms with van der Waals surface area (Å²) in [5.41, 5.74) is 0. The van der Waals surface area contributed by atoms with E-state index >= 15 is 0 Å². The fourth-order valence-corrected chi connectivity index (χ4v) is 9.40. The number of carbonyl (C=O) groups excluding carboxylic acids is 3. The van der Waals surface area contributed by atoms with Gasteiger partial charge < -0.3 is 14.2 Å². The van der Waals surface area contributed by atoms with E-state index in [1.807, 2.05) is 0 Å². The van der Waals surface area contributed by atoms with Crippen molar-refractivity contribution in [3.8, 4) is 0 Å². The van der Waals surface area contributed by atoms with Crippen LogP contribution in [-0.4, -0.2) is 37.2 Å². The Labute approximate surface area is 418 Å². The number of rotatable bonds is 55. The summed E-state index contributed by atoms with van der Waals surface area (Å²) in [7, 11) is 0. The molecule has 0 aromatic rings. The van der Waals surface area contributed by atoms with Gasteiger partial charge in [0.25, 0.3) is 0 Å². The number of ether oxygens (including phenoxy) is 3. The van der Waals surface area contributed by atoms with Crippen LogP contribution in [-0.2, 0) is 28.6 Å². The maximum absolute atomic E-state index is 12.9. The molecule has 6 nitrogen and oxygen atoms in total. The molecule has 1 atom stereocenters. The molecule has 0 N–H and O–H groups in total. The Hall–Kier alpha value is -1.59. The van der Waals surface area contributed by atoms with Gasteiger partial charge in [-0.3, -0.25) is 14.4 Å². The molecule has 0 unspecified atom stereocenters. The van der Waals surface area contributed by atoms with E-state index in [0.717, 1.165) is 69.6 Å². The highest BCUT2D eigenvalue weighted by Crippen LogP contribution is 2.18. The summed E-state index contributed by atoms with van der Waals surface area (Å²) in [5.74, 6) is 0.858. The second-order valence-electron chi connectivity index (χ2n) is 21.9.